The van der Waals surface area contributed by atoms with Gasteiger partial charge in [-0.3, -0.25) is 4.99 Å². The maximum absolute atomic E-state index is 12.6. The lowest BCUT2D eigenvalue weighted by atomic mass is 10.1. The van der Waals surface area contributed by atoms with Crippen molar-refractivity contribution in [1.29, 1.82) is 0 Å². The number of halogens is 6. The van der Waals surface area contributed by atoms with E-state index in [-0.39, 0.29) is 21.9 Å². The second kappa shape index (κ2) is 9.12. The molecule has 1 nitrogen and oxygen atoms in total. The van der Waals surface area contributed by atoms with Crippen LogP contribution in [0, 0.1) is 0 Å². The molecule has 0 bridgehead atoms. The van der Waals surface area contributed by atoms with Crippen molar-refractivity contribution in [3.63, 3.8) is 0 Å². The van der Waals surface area contributed by atoms with E-state index >= 15 is 0 Å². The highest BCUT2D eigenvalue weighted by Gasteiger charge is 2.31. The van der Waals surface area contributed by atoms with Crippen LogP contribution >= 0.6 is 11.8 Å². The smallest absolute Gasteiger partial charge is 0.258 e. The largest absolute Gasteiger partial charge is 0.415 e. The highest BCUT2D eigenvalue weighted by Crippen LogP contribution is 2.32. The molecule has 140 valence electrons. The Labute approximate surface area is 147 Å². The second-order valence-electron chi connectivity index (χ2n) is 4.95. The molecule has 0 fully saturated rings. The van der Waals surface area contributed by atoms with Gasteiger partial charge in [-0.25, -0.2) is 0 Å². The third-order valence-corrected chi connectivity index (χ3v) is 3.76. The zero-order valence-electron chi connectivity index (χ0n) is 14.1. The summed E-state index contributed by atoms with van der Waals surface area (Å²) in [6.45, 7) is 14.1. The molecule has 0 aliphatic carbocycles. The molecule has 0 aromatic rings. The van der Waals surface area contributed by atoms with Gasteiger partial charge >= 0.3 is 12.4 Å². The van der Waals surface area contributed by atoms with Crippen LogP contribution in [0.15, 0.2) is 64.2 Å². The van der Waals surface area contributed by atoms with Gasteiger partial charge in [0.2, 0.25) is 0 Å². The Morgan fingerprint density at radius 2 is 1.36 bits per heavy atom. The number of aliphatic imine (C=N–C) groups is 1. The molecule has 25 heavy (non-hydrogen) atoms. The average Bonchev–Trinajstić information content (AvgIpc) is 2.43. The van der Waals surface area contributed by atoms with Crippen LogP contribution in [-0.2, 0) is 0 Å². The van der Waals surface area contributed by atoms with E-state index in [4.69, 9.17) is 0 Å². The third kappa shape index (κ3) is 8.29. The molecular formula is C17H19F6NS. The zero-order valence-corrected chi connectivity index (χ0v) is 14.9. The summed E-state index contributed by atoms with van der Waals surface area (Å²) in [5.74, 6) is 0.475. The van der Waals surface area contributed by atoms with Crippen LogP contribution in [0.4, 0.5) is 26.3 Å². The standard InChI is InChI=1S/C17H19F6NS/c1-7-25-15(9-11(3)17(21,22)23)13(5)14(6)24-12(4)8-10(2)16(18,19)20/h8-9H,2-3,5,7H2,1,4,6H3/b12-8+,15-9+,24-14?. The molecule has 0 atom stereocenters. The monoisotopic (exact) mass is 383 g/mol. The van der Waals surface area contributed by atoms with Crippen molar-refractivity contribution in [3.05, 3.63) is 59.2 Å². The first-order valence-corrected chi connectivity index (χ1v) is 7.98. The van der Waals surface area contributed by atoms with Gasteiger partial charge in [-0.2, -0.15) is 26.3 Å². The number of rotatable bonds is 7. The topological polar surface area (TPSA) is 12.4 Å². The van der Waals surface area contributed by atoms with E-state index < -0.39 is 23.5 Å². The SMILES string of the molecule is C=C(C(C)=N/C(C)=C/C(=C)C(F)(F)F)/C(=C\C(=C)C(F)(F)F)SCC. The lowest BCUT2D eigenvalue weighted by Crippen LogP contribution is -2.10. The first-order chi connectivity index (χ1) is 11.2. The molecule has 0 aliphatic heterocycles. The van der Waals surface area contributed by atoms with E-state index in [9.17, 15) is 26.3 Å². The number of hydrogen-bond acceptors (Lipinski definition) is 2. The lowest BCUT2D eigenvalue weighted by Gasteiger charge is -2.13. The maximum atomic E-state index is 12.6. The van der Waals surface area contributed by atoms with E-state index in [0.717, 1.165) is 23.9 Å². The van der Waals surface area contributed by atoms with Gasteiger partial charge in [0, 0.05) is 27.5 Å². The Hall–Kier alpha value is -1.70. The molecule has 0 spiro atoms. The van der Waals surface area contributed by atoms with Crippen LogP contribution in [0.1, 0.15) is 20.8 Å². The molecule has 0 amide bonds. The van der Waals surface area contributed by atoms with Crippen molar-refractivity contribution in [1.82, 2.24) is 0 Å². The van der Waals surface area contributed by atoms with Crippen molar-refractivity contribution in [2.75, 3.05) is 5.75 Å². The average molecular weight is 383 g/mol. The molecule has 8 heteroatoms. The van der Waals surface area contributed by atoms with Gasteiger partial charge in [-0.05, 0) is 31.8 Å². The minimum Gasteiger partial charge on any atom is -0.258 e. The number of thioether (sulfide) groups is 1. The molecule has 0 N–H and O–H groups in total. The fraction of sp³-hybridized carbons (Fsp3) is 0.353. The van der Waals surface area contributed by atoms with Crippen LogP contribution in [-0.4, -0.2) is 23.8 Å². The van der Waals surface area contributed by atoms with E-state index in [1.165, 1.54) is 13.8 Å². The van der Waals surface area contributed by atoms with Crippen LogP contribution in [0.3, 0.4) is 0 Å². The second-order valence-corrected chi connectivity index (χ2v) is 6.25. The molecule has 0 saturated heterocycles. The van der Waals surface area contributed by atoms with Gasteiger partial charge in [0.25, 0.3) is 0 Å². The van der Waals surface area contributed by atoms with Gasteiger partial charge in [0.15, 0.2) is 0 Å². The van der Waals surface area contributed by atoms with Gasteiger partial charge in [-0.1, -0.05) is 26.7 Å². The van der Waals surface area contributed by atoms with Crippen molar-refractivity contribution in [2.45, 2.75) is 33.1 Å². The lowest BCUT2D eigenvalue weighted by molar-refractivity contribution is -0.0887. The summed E-state index contributed by atoms with van der Waals surface area (Å²) in [6.07, 6.45) is -7.55. The van der Waals surface area contributed by atoms with Gasteiger partial charge in [-0.15, -0.1) is 11.8 Å². The quantitative estimate of drug-likeness (QED) is 0.268. The minimum absolute atomic E-state index is 0.0106. The van der Waals surface area contributed by atoms with Crippen molar-refractivity contribution in [3.8, 4) is 0 Å². The van der Waals surface area contributed by atoms with E-state index in [2.05, 4.69) is 24.7 Å². The fourth-order valence-corrected chi connectivity index (χ4v) is 2.35. The third-order valence-electron chi connectivity index (χ3n) is 2.79. The zero-order chi connectivity index (χ0) is 20.0. The van der Waals surface area contributed by atoms with Crippen molar-refractivity contribution < 1.29 is 26.3 Å². The predicted octanol–water partition coefficient (Wildman–Crippen LogP) is 6.78. The van der Waals surface area contributed by atoms with E-state index in [0.29, 0.717) is 5.75 Å². The highest BCUT2D eigenvalue weighted by molar-refractivity contribution is 8.03. The molecule has 0 aromatic heterocycles. The molecule has 0 unspecified atom stereocenters. The van der Waals surface area contributed by atoms with Crippen LogP contribution in [0.2, 0.25) is 0 Å². The molecule has 0 aromatic carbocycles. The first kappa shape index (κ1) is 23.3. The Morgan fingerprint density at radius 3 is 1.76 bits per heavy atom. The molecule has 0 saturated carbocycles. The molecule has 0 aliphatic rings. The molecular weight excluding hydrogens is 364 g/mol. The fourth-order valence-electron chi connectivity index (χ4n) is 1.49. The number of nitrogens with zero attached hydrogens (tertiary/aromatic N) is 1. The summed E-state index contributed by atoms with van der Waals surface area (Å²) in [4.78, 5) is 4.16. The van der Waals surface area contributed by atoms with Gasteiger partial charge in [0.1, 0.15) is 0 Å². The van der Waals surface area contributed by atoms with Gasteiger partial charge in [0.05, 0.1) is 5.57 Å². The summed E-state index contributed by atoms with van der Waals surface area (Å²) in [5.41, 5.74) is -1.73. The predicted molar refractivity (Wildman–Crippen MR) is 92.6 cm³/mol. The maximum Gasteiger partial charge on any atom is 0.415 e. The summed E-state index contributed by atoms with van der Waals surface area (Å²) < 4.78 is 75.3. The molecule has 0 rings (SSSR count). The summed E-state index contributed by atoms with van der Waals surface area (Å²) in [5, 5.41) is 0. The van der Waals surface area contributed by atoms with E-state index in [1.54, 1.807) is 6.92 Å². The van der Waals surface area contributed by atoms with Crippen LogP contribution in [0.25, 0.3) is 0 Å². The summed E-state index contributed by atoms with van der Waals surface area (Å²) in [7, 11) is 0. The summed E-state index contributed by atoms with van der Waals surface area (Å²) >= 11 is 1.11. The Bertz CT molecular complexity index is 633. The van der Waals surface area contributed by atoms with Crippen molar-refractivity contribution >= 4 is 17.5 Å². The first-order valence-electron chi connectivity index (χ1n) is 7.00. The normalized spacial score (nSPS) is 14.5. The Morgan fingerprint density at radius 1 is 0.920 bits per heavy atom. The summed E-state index contributed by atoms with van der Waals surface area (Å²) in [6, 6.07) is 0. The number of hydrogen-bond donors (Lipinski definition) is 0. The number of allylic oxidation sites excluding steroid dienone is 6. The van der Waals surface area contributed by atoms with Crippen LogP contribution in [0.5, 0.6) is 0 Å². The van der Waals surface area contributed by atoms with Crippen molar-refractivity contribution in [2.24, 2.45) is 4.99 Å². The van der Waals surface area contributed by atoms with Gasteiger partial charge < -0.3 is 0 Å². The molecule has 0 heterocycles. The molecule has 0 radical (unpaired) electrons. The highest BCUT2D eigenvalue weighted by atomic mass is 32.2. The van der Waals surface area contributed by atoms with Crippen LogP contribution < -0.4 is 0 Å². The minimum atomic E-state index is -4.58. The Kier molecular flexibility index (Phi) is 8.50. The van der Waals surface area contributed by atoms with E-state index in [1.807, 2.05) is 0 Å². The number of alkyl halides is 6. The Balaban J connectivity index is 5.59.